The number of pyridine rings is 1. The van der Waals surface area contributed by atoms with Crippen LogP contribution in [-0.2, 0) is 4.74 Å². The number of amides is 3. The summed E-state index contributed by atoms with van der Waals surface area (Å²) in [6.45, 7) is 8.14. The maximum absolute atomic E-state index is 11.8. The van der Waals surface area contributed by atoms with Crippen LogP contribution >= 0.6 is 0 Å². The zero-order valence-electron chi connectivity index (χ0n) is 14.9. The molecule has 9 heteroatoms. The predicted octanol–water partition coefficient (Wildman–Crippen LogP) is 1.61. The van der Waals surface area contributed by atoms with Crippen LogP contribution in [0.25, 0.3) is 0 Å². The third-order valence-electron chi connectivity index (χ3n) is 2.46. The Hall–Kier alpha value is -2.68. The molecule has 138 valence electrons. The number of rotatable bonds is 4. The maximum Gasteiger partial charge on any atom is 0.422 e. The van der Waals surface area contributed by atoms with Gasteiger partial charge in [0.25, 0.3) is 5.91 Å². The second-order valence-electron chi connectivity index (χ2n) is 6.89. The van der Waals surface area contributed by atoms with Crippen LogP contribution in [0.2, 0.25) is 0 Å². The lowest BCUT2D eigenvalue weighted by molar-refractivity contribution is 0.0533. The van der Waals surface area contributed by atoms with Crippen molar-refractivity contribution in [2.45, 2.75) is 45.8 Å². The van der Waals surface area contributed by atoms with Crippen molar-refractivity contribution in [1.29, 1.82) is 0 Å². The summed E-state index contributed by atoms with van der Waals surface area (Å²) < 4.78 is 9.77. The van der Waals surface area contributed by atoms with Crippen LogP contribution < -0.4 is 15.4 Å². The van der Waals surface area contributed by atoms with E-state index in [2.05, 4.69) is 10.3 Å². The molecule has 25 heavy (non-hydrogen) atoms. The molecule has 0 unspecified atom stereocenters. The van der Waals surface area contributed by atoms with E-state index in [0.29, 0.717) is 0 Å². The Kier molecular flexibility index (Phi) is 6.46. The Morgan fingerprint density at radius 1 is 1.12 bits per heavy atom. The minimum atomic E-state index is -1.04. The van der Waals surface area contributed by atoms with E-state index >= 15 is 0 Å². The Morgan fingerprint density at radius 2 is 1.76 bits per heavy atom. The van der Waals surface area contributed by atoms with E-state index in [9.17, 15) is 19.5 Å². The molecule has 0 fully saturated rings. The van der Waals surface area contributed by atoms with Crippen LogP contribution in [0.4, 0.5) is 9.59 Å². The molecule has 0 atom stereocenters. The number of carbonyl (C=O) groups excluding carboxylic acids is 3. The molecular formula is C16H23N3O6. The van der Waals surface area contributed by atoms with E-state index < -0.39 is 29.3 Å². The van der Waals surface area contributed by atoms with Gasteiger partial charge in [0.05, 0.1) is 11.8 Å². The van der Waals surface area contributed by atoms with Crippen LogP contribution in [0.15, 0.2) is 18.3 Å². The van der Waals surface area contributed by atoms with Crippen LogP contribution in [0.5, 0.6) is 5.75 Å². The monoisotopic (exact) mass is 353 g/mol. The first-order chi connectivity index (χ1) is 11.4. The molecule has 0 aliphatic rings. The van der Waals surface area contributed by atoms with Crippen molar-refractivity contribution in [3.8, 4) is 5.75 Å². The lowest BCUT2D eigenvalue weighted by Gasteiger charge is -2.19. The van der Waals surface area contributed by atoms with Gasteiger partial charge in [0.1, 0.15) is 11.3 Å². The average Bonchev–Trinajstić information content (AvgIpc) is 2.42. The number of aromatic nitrogens is 1. The molecule has 9 nitrogen and oxygen atoms in total. The van der Waals surface area contributed by atoms with Gasteiger partial charge in [0.15, 0.2) is 5.75 Å². The summed E-state index contributed by atoms with van der Waals surface area (Å²) in [5.74, 6) is -0.438. The van der Waals surface area contributed by atoms with Crippen molar-refractivity contribution < 1.29 is 29.0 Å². The van der Waals surface area contributed by atoms with E-state index in [1.165, 1.54) is 12.1 Å². The Labute approximate surface area is 145 Å². The highest BCUT2D eigenvalue weighted by molar-refractivity contribution is 5.92. The predicted molar refractivity (Wildman–Crippen MR) is 88.3 cm³/mol. The number of ether oxygens (including phenoxy) is 2. The molecule has 0 radical (unpaired) electrons. The van der Waals surface area contributed by atoms with Gasteiger partial charge in [-0.25, -0.2) is 19.9 Å². The van der Waals surface area contributed by atoms with Gasteiger partial charge >= 0.3 is 12.2 Å². The highest BCUT2D eigenvalue weighted by Crippen LogP contribution is 2.10. The summed E-state index contributed by atoms with van der Waals surface area (Å²) in [7, 11) is 0. The maximum atomic E-state index is 11.8. The van der Waals surface area contributed by atoms with Crippen molar-refractivity contribution >= 4 is 18.1 Å². The van der Waals surface area contributed by atoms with Crippen LogP contribution in [0.3, 0.4) is 0 Å². The van der Waals surface area contributed by atoms with Gasteiger partial charge < -0.3 is 19.9 Å². The summed E-state index contributed by atoms with van der Waals surface area (Å²) >= 11 is 0. The number of aliphatic hydroxyl groups is 1. The van der Waals surface area contributed by atoms with Gasteiger partial charge in [0, 0.05) is 6.54 Å². The molecule has 0 aliphatic heterocycles. The fourth-order valence-electron chi connectivity index (χ4n) is 1.48. The van der Waals surface area contributed by atoms with Crippen LogP contribution in [-0.4, -0.2) is 45.9 Å². The zero-order chi connectivity index (χ0) is 19.3. The van der Waals surface area contributed by atoms with Crippen molar-refractivity contribution in [2.75, 3.05) is 6.54 Å². The molecule has 0 spiro atoms. The first kappa shape index (κ1) is 20.4. The summed E-state index contributed by atoms with van der Waals surface area (Å²) in [5.41, 5.74) is -1.70. The van der Waals surface area contributed by atoms with Crippen molar-refractivity contribution in [2.24, 2.45) is 0 Å². The Balaban J connectivity index is 2.55. The van der Waals surface area contributed by atoms with E-state index in [1.54, 1.807) is 34.6 Å². The number of nitrogens with one attached hydrogen (secondary N) is 2. The second kappa shape index (κ2) is 7.93. The third kappa shape index (κ3) is 8.66. The van der Waals surface area contributed by atoms with E-state index in [4.69, 9.17) is 9.47 Å². The normalized spacial score (nSPS) is 11.4. The number of imide groups is 1. The molecule has 1 rings (SSSR count). The molecule has 0 aromatic carbocycles. The van der Waals surface area contributed by atoms with Crippen LogP contribution in [0.1, 0.15) is 45.1 Å². The van der Waals surface area contributed by atoms with Gasteiger partial charge in [-0.1, -0.05) is 0 Å². The smallest absolute Gasteiger partial charge is 0.422 e. The molecular weight excluding hydrogens is 330 g/mol. The Morgan fingerprint density at radius 3 is 2.24 bits per heavy atom. The van der Waals surface area contributed by atoms with Gasteiger partial charge in [0.2, 0.25) is 0 Å². The molecule has 3 N–H and O–H groups in total. The van der Waals surface area contributed by atoms with Crippen LogP contribution in [0, 0.1) is 0 Å². The second-order valence-corrected chi connectivity index (χ2v) is 6.89. The number of carbonyl (C=O) groups is 3. The molecule has 3 amide bonds. The number of hydrogen-bond acceptors (Lipinski definition) is 7. The molecule has 0 saturated heterocycles. The molecule has 1 aromatic rings. The minimum Gasteiger partial charge on any atom is -0.443 e. The van der Waals surface area contributed by atoms with Crippen molar-refractivity contribution in [1.82, 2.24) is 15.6 Å². The van der Waals surface area contributed by atoms with E-state index in [0.717, 1.165) is 6.20 Å². The fraction of sp³-hybridized carbons (Fsp3) is 0.500. The molecule has 0 saturated carbocycles. The SMILES string of the molecule is CC(C)(O)CNC(=O)c1ccc(OC(=O)NC(=O)OC(C)(C)C)cn1. The number of hydrogen-bond donors (Lipinski definition) is 3. The summed E-state index contributed by atoms with van der Waals surface area (Å²) in [4.78, 5) is 38.7. The van der Waals surface area contributed by atoms with Crippen molar-refractivity contribution in [3.63, 3.8) is 0 Å². The number of alkyl carbamates (subject to hydrolysis) is 1. The summed E-state index contributed by atoms with van der Waals surface area (Å²) in [6, 6.07) is 2.69. The largest absolute Gasteiger partial charge is 0.443 e. The molecule has 0 aliphatic carbocycles. The van der Waals surface area contributed by atoms with E-state index in [1.807, 2.05) is 5.32 Å². The van der Waals surface area contributed by atoms with E-state index in [-0.39, 0.29) is 18.0 Å². The summed E-state index contributed by atoms with van der Waals surface area (Å²) in [6.07, 6.45) is -0.809. The molecule has 0 bridgehead atoms. The summed E-state index contributed by atoms with van der Waals surface area (Å²) in [5, 5.41) is 14.0. The molecule has 1 heterocycles. The average molecular weight is 353 g/mol. The standard InChI is InChI=1S/C16H23N3O6/c1-15(2,3)25-14(22)19-13(21)24-10-6-7-11(17-8-10)12(20)18-9-16(4,5)23/h6-8,23H,9H2,1-5H3,(H,18,20)(H,19,21,22). The lowest BCUT2D eigenvalue weighted by Crippen LogP contribution is -2.38. The highest BCUT2D eigenvalue weighted by Gasteiger charge is 2.19. The third-order valence-corrected chi connectivity index (χ3v) is 2.46. The Bertz CT molecular complexity index is 629. The van der Waals surface area contributed by atoms with Crippen molar-refractivity contribution in [3.05, 3.63) is 24.0 Å². The highest BCUT2D eigenvalue weighted by atomic mass is 16.6. The first-order valence-corrected chi connectivity index (χ1v) is 7.54. The van der Waals surface area contributed by atoms with Gasteiger partial charge in [-0.15, -0.1) is 0 Å². The zero-order valence-corrected chi connectivity index (χ0v) is 14.9. The lowest BCUT2D eigenvalue weighted by atomic mass is 10.1. The first-order valence-electron chi connectivity index (χ1n) is 7.54. The fourth-order valence-corrected chi connectivity index (χ4v) is 1.48. The minimum absolute atomic E-state index is 0.0418. The molecule has 1 aromatic heterocycles. The van der Waals surface area contributed by atoms with Gasteiger partial charge in [-0.2, -0.15) is 0 Å². The number of nitrogens with zero attached hydrogens (tertiary/aromatic N) is 1. The van der Waals surface area contributed by atoms with Gasteiger partial charge in [-0.3, -0.25) is 4.79 Å². The topological polar surface area (TPSA) is 127 Å². The quantitative estimate of drug-likeness (QED) is 0.750. The van der Waals surface area contributed by atoms with Gasteiger partial charge in [-0.05, 0) is 46.8 Å².